The summed E-state index contributed by atoms with van der Waals surface area (Å²) in [5, 5.41) is 1.65. The molecule has 0 spiro atoms. The normalized spacial score (nSPS) is 21.6. The second-order valence-electron chi connectivity index (χ2n) is 8.62. The number of rotatable bonds is 5. The number of carbonyl (C=O) groups excluding carboxylic acids is 2. The Balaban J connectivity index is 1.37. The van der Waals surface area contributed by atoms with Gasteiger partial charge in [-0.05, 0) is 42.0 Å². The number of hydrogen-bond donors (Lipinski definition) is 0. The van der Waals surface area contributed by atoms with Crippen LogP contribution in [0.15, 0.2) is 106 Å². The van der Waals surface area contributed by atoms with Crippen LogP contribution in [0.5, 0.6) is 0 Å². The molecule has 3 aromatic carbocycles. The Labute approximate surface area is 210 Å². The predicted octanol–water partition coefficient (Wildman–Crippen LogP) is 5.76. The molecule has 0 saturated carbocycles. The molecule has 6 rings (SSSR count). The fourth-order valence-corrected chi connectivity index (χ4v) is 5.03. The number of anilines is 1. The van der Waals surface area contributed by atoms with Crippen molar-refractivity contribution in [3.8, 4) is 11.3 Å². The van der Waals surface area contributed by atoms with Gasteiger partial charge in [-0.1, -0.05) is 76.6 Å². The Morgan fingerprint density at radius 2 is 1.46 bits per heavy atom. The van der Waals surface area contributed by atoms with Gasteiger partial charge in [0.05, 0.1) is 12.2 Å². The van der Waals surface area contributed by atoms with Crippen molar-refractivity contribution in [3.05, 3.63) is 113 Å². The standard InChI is InChI=1S/C28H21BrN2O4/c29-20-13-11-19(12-14-20)22-15-16-23(34-22)25-24-26(35-31(25)21-9-5-2-6-10-21)28(33)30(27(24)32)17-18-7-3-1-4-8-18/h1-16,24-26H,17H2/t24-,25+,26+/m1/s1. The monoisotopic (exact) mass is 528 g/mol. The minimum Gasteiger partial charge on any atom is -0.459 e. The van der Waals surface area contributed by atoms with E-state index in [0.29, 0.717) is 11.5 Å². The van der Waals surface area contributed by atoms with E-state index in [4.69, 9.17) is 9.25 Å². The molecule has 6 nitrogen and oxygen atoms in total. The largest absolute Gasteiger partial charge is 0.459 e. The van der Waals surface area contributed by atoms with Gasteiger partial charge >= 0.3 is 0 Å². The van der Waals surface area contributed by atoms with E-state index in [1.165, 1.54) is 4.90 Å². The van der Waals surface area contributed by atoms with E-state index in [1.807, 2.05) is 97.1 Å². The van der Waals surface area contributed by atoms with Gasteiger partial charge < -0.3 is 4.42 Å². The molecule has 7 heteroatoms. The summed E-state index contributed by atoms with van der Waals surface area (Å²) in [6.07, 6.45) is -0.905. The number of carbonyl (C=O) groups is 2. The summed E-state index contributed by atoms with van der Waals surface area (Å²) < 4.78 is 7.25. The van der Waals surface area contributed by atoms with E-state index in [-0.39, 0.29) is 18.4 Å². The zero-order valence-corrected chi connectivity index (χ0v) is 20.2. The van der Waals surface area contributed by atoms with Gasteiger partial charge in [0.25, 0.3) is 5.91 Å². The summed E-state index contributed by atoms with van der Waals surface area (Å²) in [5.74, 6) is -0.0416. The van der Waals surface area contributed by atoms with E-state index < -0.39 is 18.1 Å². The topological polar surface area (TPSA) is 63.0 Å². The lowest BCUT2D eigenvalue weighted by molar-refractivity contribution is -0.143. The average molecular weight is 529 g/mol. The molecule has 2 fully saturated rings. The van der Waals surface area contributed by atoms with Crippen LogP contribution in [0.25, 0.3) is 11.3 Å². The molecule has 0 aliphatic carbocycles. The van der Waals surface area contributed by atoms with Crippen molar-refractivity contribution in [2.75, 3.05) is 5.06 Å². The molecule has 4 aromatic rings. The maximum absolute atomic E-state index is 13.6. The summed E-state index contributed by atoms with van der Waals surface area (Å²) in [6, 6.07) is 30.0. The van der Waals surface area contributed by atoms with Crippen LogP contribution in [-0.4, -0.2) is 22.8 Å². The number of furan rings is 1. The number of halogens is 1. The molecule has 2 amide bonds. The molecule has 2 aliphatic rings. The first-order valence-corrected chi connectivity index (χ1v) is 12.2. The van der Waals surface area contributed by atoms with Crippen LogP contribution in [0.1, 0.15) is 17.4 Å². The second kappa shape index (κ2) is 8.83. The summed E-state index contributed by atoms with van der Waals surface area (Å²) in [4.78, 5) is 34.4. The molecule has 0 bridgehead atoms. The van der Waals surface area contributed by atoms with E-state index in [2.05, 4.69) is 15.9 Å². The van der Waals surface area contributed by atoms with Gasteiger partial charge in [0.1, 0.15) is 23.5 Å². The van der Waals surface area contributed by atoms with Crippen LogP contribution in [-0.2, 0) is 21.0 Å². The SMILES string of the molecule is O=C1[C@H]2[C@H](ON(c3ccccc3)[C@H]2c2ccc(-c3ccc(Br)cc3)o2)C(=O)N1Cc1ccccc1. The van der Waals surface area contributed by atoms with E-state index in [1.54, 1.807) is 5.06 Å². The lowest BCUT2D eigenvalue weighted by atomic mass is 9.94. The summed E-state index contributed by atoms with van der Waals surface area (Å²) in [6.45, 7) is 0.217. The van der Waals surface area contributed by atoms with Gasteiger partial charge in [0.15, 0.2) is 6.10 Å². The van der Waals surface area contributed by atoms with Crippen LogP contribution in [0.3, 0.4) is 0 Å². The van der Waals surface area contributed by atoms with Crippen molar-refractivity contribution in [2.45, 2.75) is 18.7 Å². The molecule has 35 heavy (non-hydrogen) atoms. The van der Waals surface area contributed by atoms with Gasteiger partial charge in [0, 0.05) is 10.0 Å². The third-order valence-corrected chi connectivity index (χ3v) is 6.98. The lowest BCUT2D eigenvalue weighted by Gasteiger charge is -2.27. The van der Waals surface area contributed by atoms with Crippen LogP contribution >= 0.6 is 15.9 Å². The molecule has 0 radical (unpaired) electrons. The quantitative estimate of drug-likeness (QED) is 0.308. The minimum atomic E-state index is -0.905. The molecule has 174 valence electrons. The Bertz CT molecular complexity index is 1370. The molecule has 0 unspecified atom stereocenters. The number of likely N-dealkylation sites (tertiary alicyclic amines) is 1. The fourth-order valence-electron chi connectivity index (χ4n) is 4.76. The highest BCUT2D eigenvalue weighted by molar-refractivity contribution is 9.10. The third-order valence-electron chi connectivity index (χ3n) is 6.45. The minimum absolute atomic E-state index is 0.217. The smallest absolute Gasteiger partial charge is 0.262 e. The summed E-state index contributed by atoms with van der Waals surface area (Å²) in [5.41, 5.74) is 2.56. The molecule has 3 atom stereocenters. The van der Waals surface area contributed by atoms with Crippen LogP contribution in [0, 0.1) is 5.92 Å². The molecule has 0 N–H and O–H groups in total. The van der Waals surface area contributed by atoms with E-state index in [0.717, 1.165) is 21.3 Å². The van der Waals surface area contributed by atoms with Crippen molar-refractivity contribution >= 4 is 33.4 Å². The second-order valence-corrected chi connectivity index (χ2v) is 9.53. The zero-order valence-electron chi connectivity index (χ0n) is 18.6. The first-order valence-electron chi connectivity index (χ1n) is 11.4. The first-order chi connectivity index (χ1) is 17.1. The van der Waals surface area contributed by atoms with Gasteiger partial charge in [-0.15, -0.1) is 0 Å². The highest BCUT2D eigenvalue weighted by Gasteiger charge is 2.60. The Morgan fingerprint density at radius 3 is 2.17 bits per heavy atom. The predicted molar refractivity (Wildman–Crippen MR) is 134 cm³/mol. The van der Waals surface area contributed by atoms with Crippen molar-refractivity contribution in [2.24, 2.45) is 5.92 Å². The summed E-state index contributed by atoms with van der Waals surface area (Å²) in [7, 11) is 0. The number of hydroxylamine groups is 1. The maximum Gasteiger partial charge on any atom is 0.262 e. The van der Waals surface area contributed by atoms with Gasteiger partial charge in [-0.2, -0.15) is 0 Å². The third kappa shape index (κ3) is 3.87. The average Bonchev–Trinajstić information content (AvgIpc) is 3.58. The molecule has 3 heterocycles. The molecule has 2 aliphatic heterocycles. The Hall–Kier alpha value is -3.68. The number of imide groups is 1. The number of para-hydroxylation sites is 1. The number of nitrogens with zero attached hydrogens (tertiary/aromatic N) is 2. The molecular weight excluding hydrogens is 508 g/mol. The van der Waals surface area contributed by atoms with E-state index >= 15 is 0 Å². The number of hydrogen-bond acceptors (Lipinski definition) is 5. The molecular formula is C28H21BrN2O4. The molecule has 2 saturated heterocycles. The fraction of sp³-hybridized carbons (Fsp3) is 0.143. The van der Waals surface area contributed by atoms with Gasteiger partial charge in [0.2, 0.25) is 5.91 Å². The maximum atomic E-state index is 13.6. The number of benzene rings is 3. The number of amides is 2. The Kier molecular flexibility index (Phi) is 5.51. The summed E-state index contributed by atoms with van der Waals surface area (Å²) >= 11 is 3.46. The first kappa shape index (κ1) is 21.8. The van der Waals surface area contributed by atoms with Crippen LogP contribution in [0.4, 0.5) is 5.69 Å². The lowest BCUT2D eigenvalue weighted by Crippen LogP contribution is -2.36. The van der Waals surface area contributed by atoms with Gasteiger partial charge in [-0.25, -0.2) is 5.06 Å². The van der Waals surface area contributed by atoms with Crippen LogP contribution in [0.2, 0.25) is 0 Å². The van der Waals surface area contributed by atoms with Crippen molar-refractivity contribution in [1.82, 2.24) is 4.90 Å². The van der Waals surface area contributed by atoms with E-state index in [9.17, 15) is 9.59 Å². The van der Waals surface area contributed by atoms with Crippen molar-refractivity contribution in [3.63, 3.8) is 0 Å². The Morgan fingerprint density at radius 1 is 0.771 bits per heavy atom. The molecule has 1 aromatic heterocycles. The van der Waals surface area contributed by atoms with Crippen molar-refractivity contribution < 1.29 is 18.8 Å². The highest BCUT2D eigenvalue weighted by Crippen LogP contribution is 2.47. The zero-order chi connectivity index (χ0) is 23.9. The number of fused-ring (bicyclic) bond motifs is 1. The highest BCUT2D eigenvalue weighted by atomic mass is 79.9. The van der Waals surface area contributed by atoms with Crippen molar-refractivity contribution in [1.29, 1.82) is 0 Å². The van der Waals surface area contributed by atoms with Crippen LogP contribution < -0.4 is 5.06 Å². The van der Waals surface area contributed by atoms with Gasteiger partial charge in [-0.3, -0.25) is 19.3 Å².